The van der Waals surface area contributed by atoms with Gasteiger partial charge in [-0.1, -0.05) is 32.4 Å². The standard InChI is InChI=1S/C8H15N/c1-8(2,3)7-4-5-9-6-7/h4,9H,5-6H2,1-3H3. The normalized spacial score (nSPS) is 20.1. The van der Waals surface area contributed by atoms with Crippen LogP contribution < -0.4 is 5.32 Å². The van der Waals surface area contributed by atoms with E-state index in [-0.39, 0.29) is 0 Å². The Bertz CT molecular complexity index is 128. The molecule has 0 saturated carbocycles. The van der Waals surface area contributed by atoms with Crippen LogP contribution in [0.5, 0.6) is 0 Å². The highest BCUT2D eigenvalue weighted by Crippen LogP contribution is 2.25. The third-order valence-corrected chi connectivity index (χ3v) is 1.77. The lowest BCUT2D eigenvalue weighted by Crippen LogP contribution is -2.16. The van der Waals surface area contributed by atoms with E-state index in [1.807, 2.05) is 0 Å². The molecular formula is C8H15N. The van der Waals surface area contributed by atoms with Gasteiger partial charge in [-0.25, -0.2) is 0 Å². The molecule has 1 aliphatic heterocycles. The quantitative estimate of drug-likeness (QED) is 0.484. The predicted octanol–water partition coefficient (Wildman–Crippen LogP) is 1.56. The molecule has 1 rings (SSSR count). The Morgan fingerprint density at radius 1 is 1.44 bits per heavy atom. The topological polar surface area (TPSA) is 12.0 Å². The first-order chi connectivity index (χ1) is 4.11. The monoisotopic (exact) mass is 125 g/mol. The lowest BCUT2D eigenvalue weighted by molar-refractivity contribution is 0.495. The minimum Gasteiger partial charge on any atom is -0.310 e. The molecule has 9 heavy (non-hydrogen) atoms. The fraction of sp³-hybridized carbons (Fsp3) is 0.750. The van der Waals surface area contributed by atoms with Crippen LogP contribution in [0.3, 0.4) is 0 Å². The van der Waals surface area contributed by atoms with Crippen LogP contribution in [0.2, 0.25) is 0 Å². The van der Waals surface area contributed by atoms with Crippen molar-refractivity contribution >= 4 is 0 Å². The molecule has 0 spiro atoms. The second-order valence-corrected chi connectivity index (χ2v) is 3.61. The molecule has 0 bridgehead atoms. The van der Waals surface area contributed by atoms with Crippen molar-refractivity contribution in [3.63, 3.8) is 0 Å². The average Bonchev–Trinajstić information content (AvgIpc) is 2.08. The number of rotatable bonds is 0. The number of hydrogen-bond donors (Lipinski definition) is 1. The molecule has 1 N–H and O–H groups in total. The van der Waals surface area contributed by atoms with Gasteiger partial charge in [0.05, 0.1) is 0 Å². The number of nitrogens with one attached hydrogen (secondary N) is 1. The van der Waals surface area contributed by atoms with Crippen molar-refractivity contribution < 1.29 is 0 Å². The Hall–Kier alpha value is -0.300. The zero-order chi connectivity index (χ0) is 6.91. The summed E-state index contributed by atoms with van der Waals surface area (Å²) in [5.74, 6) is 0. The van der Waals surface area contributed by atoms with Crippen LogP contribution >= 0.6 is 0 Å². The van der Waals surface area contributed by atoms with Crippen LogP contribution in [0.15, 0.2) is 11.6 Å². The lowest BCUT2D eigenvalue weighted by Gasteiger charge is -2.19. The van der Waals surface area contributed by atoms with Gasteiger partial charge >= 0.3 is 0 Å². The lowest BCUT2D eigenvalue weighted by atomic mass is 9.87. The molecule has 0 saturated heterocycles. The smallest absolute Gasteiger partial charge is 0.0173 e. The summed E-state index contributed by atoms with van der Waals surface area (Å²) in [7, 11) is 0. The van der Waals surface area contributed by atoms with Crippen molar-refractivity contribution in [1.82, 2.24) is 5.32 Å². The third-order valence-electron chi connectivity index (χ3n) is 1.77. The van der Waals surface area contributed by atoms with E-state index in [1.54, 1.807) is 5.57 Å². The van der Waals surface area contributed by atoms with Gasteiger partial charge in [0, 0.05) is 13.1 Å². The summed E-state index contributed by atoms with van der Waals surface area (Å²) in [5.41, 5.74) is 1.92. The molecule has 0 amide bonds. The zero-order valence-electron chi connectivity index (χ0n) is 6.49. The van der Waals surface area contributed by atoms with Crippen molar-refractivity contribution in [3.8, 4) is 0 Å². The fourth-order valence-electron chi connectivity index (χ4n) is 1.05. The zero-order valence-corrected chi connectivity index (χ0v) is 6.49. The van der Waals surface area contributed by atoms with Gasteiger partial charge in [-0.3, -0.25) is 0 Å². The summed E-state index contributed by atoms with van der Waals surface area (Å²) >= 11 is 0. The van der Waals surface area contributed by atoms with Crippen molar-refractivity contribution in [2.45, 2.75) is 20.8 Å². The molecule has 1 heteroatoms. The van der Waals surface area contributed by atoms with E-state index in [9.17, 15) is 0 Å². The van der Waals surface area contributed by atoms with E-state index >= 15 is 0 Å². The second kappa shape index (κ2) is 2.14. The van der Waals surface area contributed by atoms with Crippen molar-refractivity contribution in [2.75, 3.05) is 13.1 Å². The predicted molar refractivity (Wildman–Crippen MR) is 40.4 cm³/mol. The van der Waals surface area contributed by atoms with Crippen LogP contribution in [0.4, 0.5) is 0 Å². The van der Waals surface area contributed by atoms with Gasteiger partial charge in [0.2, 0.25) is 0 Å². The summed E-state index contributed by atoms with van der Waals surface area (Å²) in [6.45, 7) is 8.92. The molecule has 0 aromatic rings. The maximum Gasteiger partial charge on any atom is 0.0173 e. The van der Waals surface area contributed by atoms with E-state index in [4.69, 9.17) is 0 Å². The average molecular weight is 125 g/mol. The highest BCUT2D eigenvalue weighted by Gasteiger charge is 2.18. The molecule has 0 aromatic carbocycles. The van der Waals surface area contributed by atoms with E-state index in [0.29, 0.717) is 5.41 Å². The molecule has 1 aliphatic rings. The SMILES string of the molecule is CC(C)(C)C1=CCNC1. The minimum absolute atomic E-state index is 0.378. The minimum atomic E-state index is 0.378. The van der Waals surface area contributed by atoms with E-state index in [1.165, 1.54) is 0 Å². The van der Waals surface area contributed by atoms with Crippen LogP contribution in [-0.4, -0.2) is 13.1 Å². The molecule has 1 nitrogen and oxygen atoms in total. The molecule has 0 atom stereocenters. The number of hydrogen-bond acceptors (Lipinski definition) is 1. The molecule has 0 aromatic heterocycles. The van der Waals surface area contributed by atoms with Gasteiger partial charge in [-0.05, 0) is 5.41 Å². The molecule has 52 valence electrons. The van der Waals surface area contributed by atoms with Crippen molar-refractivity contribution in [2.24, 2.45) is 5.41 Å². The highest BCUT2D eigenvalue weighted by molar-refractivity contribution is 5.17. The van der Waals surface area contributed by atoms with Gasteiger partial charge in [0.25, 0.3) is 0 Å². The molecule has 0 aliphatic carbocycles. The van der Waals surface area contributed by atoms with E-state index < -0.39 is 0 Å². The second-order valence-electron chi connectivity index (χ2n) is 3.61. The fourth-order valence-corrected chi connectivity index (χ4v) is 1.05. The van der Waals surface area contributed by atoms with Gasteiger partial charge < -0.3 is 5.32 Å². The molecule has 0 unspecified atom stereocenters. The largest absolute Gasteiger partial charge is 0.310 e. The Labute approximate surface area is 57.1 Å². The van der Waals surface area contributed by atoms with Crippen molar-refractivity contribution in [3.05, 3.63) is 11.6 Å². The Morgan fingerprint density at radius 3 is 2.33 bits per heavy atom. The van der Waals surface area contributed by atoms with Crippen LogP contribution in [0, 0.1) is 5.41 Å². The van der Waals surface area contributed by atoms with Gasteiger partial charge in [-0.2, -0.15) is 0 Å². The van der Waals surface area contributed by atoms with E-state index in [0.717, 1.165) is 13.1 Å². The molecular weight excluding hydrogens is 110 g/mol. The molecule has 0 fully saturated rings. The summed E-state index contributed by atoms with van der Waals surface area (Å²) < 4.78 is 0. The Kier molecular flexibility index (Phi) is 1.62. The van der Waals surface area contributed by atoms with Crippen LogP contribution in [-0.2, 0) is 0 Å². The summed E-state index contributed by atoms with van der Waals surface area (Å²) in [6, 6.07) is 0. The van der Waals surface area contributed by atoms with Crippen molar-refractivity contribution in [1.29, 1.82) is 0 Å². The Balaban J connectivity index is 2.61. The van der Waals surface area contributed by atoms with E-state index in [2.05, 4.69) is 32.2 Å². The maximum atomic E-state index is 3.29. The highest BCUT2D eigenvalue weighted by atomic mass is 14.9. The first kappa shape index (κ1) is 6.81. The first-order valence-corrected chi connectivity index (χ1v) is 3.51. The summed E-state index contributed by atoms with van der Waals surface area (Å²) in [6.07, 6.45) is 2.29. The Morgan fingerprint density at radius 2 is 2.11 bits per heavy atom. The van der Waals surface area contributed by atoms with Crippen LogP contribution in [0.1, 0.15) is 20.8 Å². The maximum absolute atomic E-state index is 3.29. The van der Waals surface area contributed by atoms with Crippen LogP contribution in [0.25, 0.3) is 0 Å². The summed E-state index contributed by atoms with van der Waals surface area (Å²) in [5, 5.41) is 3.29. The van der Waals surface area contributed by atoms with Gasteiger partial charge in [-0.15, -0.1) is 0 Å². The van der Waals surface area contributed by atoms with Gasteiger partial charge in [0.15, 0.2) is 0 Å². The molecule has 0 radical (unpaired) electrons. The summed E-state index contributed by atoms with van der Waals surface area (Å²) in [4.78, 5) is 0. The third kappa shape index (κ3) is 1.55. The van der Waals surface area contributed by atoms with Gasteiger partial charge in [0.1, 0.15) is 0 Å². The molecule has 1 heterocycles. The first-order valence-electron chi connectivity index (χ1n) is 3.51.